The molecule has 1 unspecified atom stereocenters. The van der Waals surface area contributed by atoms with Gasteiger partial charge in [-0.2, -0.15) is 0 Å². The van der Waals surface area contributed by atoms with Crippen LogP contribution in [0.25, 0.3) is 0 Å². The molecule has 5 nitrogen and oxygen atoms in total. The zero-order valence-electron chi connectivity index (χ0n) is 10.7. The molecule has 1 aliphatic heterocycles. The molecule has 0 saturated carbocycles. The number of amides is 1. The Hall–Kier alpha value is -2.35. The zero-order valence-corrected chi connectivity index (χ0v) is 10.7. The molecule has 0 radical (unpaired) electrons. The molecule has 2 rings (SSSR count). The third-order valence-electron chi connectivity index (χ3n) is 2.68. The maximum Gasteiger partial charge on any atom is 0.242 e. The summed E-state index contributed by atoms with van der Waals surface area (Å²) in [7, 11) is 0. The van der Waals surface area contributed by atoms with Gasteiger partial charge in [-0.25, -0.2) is 0 Å². The number of hydrogen-bond acceptors (Lipinski definition) is 4. The van der Waals surface area contributed by atoms with Gasteiger partial charge in [0.2, 0.25) is 5.91 Å². The Bertz CT molecular complexity index is 508. The molecule has 1 aliphatic rings. The first-order valence-corrected chi connectivity index (χ1v) is 6.08. The quantitative estimate of drug-likeness (QED) is 0.793. The highest BCUT2D eigenvalue weighted by Gasteiger charge is 2.15. The largest absolute Gasteiger partial charge is 0.486 e. The highest BCUT2D eigenvalue weighted by Crippen LogP contribution is 2.32. The highest BCUT2D eigenvalue weighted by atomic mass is 16.6. The number of anilines is 1. The molecule has 0 aliphatic carbocycles. The summed E-state index contributed by atoms with van der Waals surface area (Å²) in [5.41, 5.74) is 0.799. The summed E-state index contributed by atoms with van der Waals surface area (Å²) in [6, 6.07) is 5.11. The molecule has 5 heteroatoms. The monoisotopic (exact) mass is 260 g/mol. The molecule has 100 valence electrons. The number of carbonyl (C=O) groups excluding carboxylic acids is 1. The second kappa shape index (κ2) is 6.01. The van der Waals surface area contributed by atoms with Crippen LogP contribution in [-0.2, 0) is 4.79 Å². The molecule has 19 heavy (non-hydrogen) atoms. The van der Waals surface area contributed by atoms with Crippen LogP contribution in [0.1, 0.15) is 6.92 Å². The van der Waals surface area contributed by atoms with Crippen molar-refractivity contribution in [2.75, 3.05) is 25.1 Å². The van der Waals surface area contributed by atoms with E-state index in [1.807, 2.05) is 18.2 Å². The van der Waals surface area contributed by atoms with Crippen molar-refractivity contribution in [3.8, 4) is 23.8 Å². The van der Waals surface area contributed by atoms with Gasteiger partial charge in [-0.1, -0.05) is 5.92 Å². The van der Waals surface area contributed by atoms with Crippen LogP contribution in [0.5, 0.6) is 11.5 Å². The first-order chi connectivity index (χ1) is 9.20. The number of ether oxygens (including phenoxy) is 2. The fourth-order valence-corrected chi connectivity index (χ4v) is 1.74. The Labute approximate surface area is 112 Å². The summed E-state index contributed by atoms with van der Waals surface area (Å²) in [6.07, 6.45) is 5.09. The van der Waals surface area contributed by atoms with Crippen LogP contribution >= 0.6 is 0 Å². The smallest absolute Gasteiger partial charge is 0.242 e. The summed E-state index contributed by atoms with van der Waals surface area (Å²) < 4.78 is 10.9. The summed E-state index contributed by atoms with van der Waals surface area (Å²) in [6.45, 7) is 3.09. The lowest BCUT2D eigenvalue weighted by Gasteiger charge is -2.20. The Balaban J connectivity index is 1.99. The molecule has 1 aromatic carbocycles. The molecular formula is C14H16N2O3. The number of carbonyl (C=O) groups is 1. The number of hydrogen-bond donors (Lipinski definition) is 2. The standard InChI is InChI=1S/C14H16N2O3/c1-3-6-15-14(17)10(2)16-11-4-5-12-13(9-11)19-8-7-18-12/h1,4-5,9-10,16H,6-8H2,2H3,(H,15,17). The normalized spacial score (nSPS) is 14.1. The van der Waals surface area contributed by atoms with E-state index in [-0.39, 0.29) is 18.5 Å². The van der Waals surface area contributed by atoms with Crippen molar-refractivity contribution in [3.63, 3.8) is 0 Å². The number of terminal acetylenes is 1. The summed E-state index contributed by atoms with van der Waals surface area (Å²) >= 11 is 0. The predicted octanol–water partition coefficient (Wildman–Crippen LogP) is 1.01. The van der Waals surface area contributed by atoms with Crippen LogP contribution in [0, 0.1) is 12.3 Å². The van der Waals surface area contributed by atoms with E-state index in [9.17, 15) is 4.79 Å². The van der Waals surface area contributed by atoms with E-state index in [2.05, 4.69) is 16.6 Å². The summed E-state index contributed by atoms with van der Waals surface area (Å²) in [5.74, 6) is 3.63. The molecule has 0 fully saturated rings. The Morgan fingerprint density at radius 3 is 2.89 bits per heavy atom. The van der Waals surface area contributed by atoms with Gasteiger partial charge >= 0.3 is 0 Å². The van der Waals surface area contributed by atoms with Crippen molar-refractivity contribution < 1.29 is 14.3 Å². The van der Waals surface area contributed by atoms with Gasteiger partial charge in [-0.15, -0.1) is 6.42 Å². The molecule has 1 aromatic rings. The zero-order chi connectivity index (χ0) is 13.7. The van der Waals surface area contributed by atoms with Crippen LogP contribution in [0.3, 0.4) is 0 Å². The van der Waals surface area contributed by atoms with E-state index in [1.165, 1.54) is 0 Å². The van der Waals surface area contributed by atoms with Crippen LogP contribution < -0.4 is 20.1 Å². The Morgan fingerprint density at radius 2 is 2.16 bits per heavy atom. The van der Waals surface area contributed by atoms with Gasteiger partial charge in [0.15, 0.2) is 11.5 Å². The van der Waals surface area contributed by atoms with E-state index in [4.69, 9.17) is 15.9 Å². The second-order valence-electron chi connectivity index (χ2n) is 4.15. The van der Waals surface area contributed by atoms with Gasteiger partial charge in [-0.05, 0) is 19.1 Å². The number of rotatable bonds is 4. The SMILES string of the molecule is C#CCNC(=O)C(C)Nc1ccc2c(c1)OCCO2. The summed E-state index contributed by atoms with van der Waals surface area (Å²) in [4.78, 5) is 11.7. The maximum atomic E-state index is 11.7. The number of nitrogens with one attached hydrogen (secondary N) is 2. The lowest BCUT2D eigenvalue weighted by Crippen LogP contribution is -2.37. The first kappa shape index (κ1) is 13.1. The fourth-order valence-electron chi connectivity index (χ4n) is 1.74. The van der Waals surface area contributed by atoms with Crippen LogP contribution in [0.15, 0.2) is 18.2 Å². The van der Waals surface area contributed by atoms with Crippen LogP contribution in [-0.4, -0.2) is 31.7 Å². The number of benzene rings is 1. The number of fused-ring (bicyclic) bond motifs is 1. The molecule has 1 atom stereocenters. The molecule has 0 aromatic heterocycles. The van der Waals surface area contributed by atoms with Crippen LogP contribution in [0.4, 0.5) is 5.69 Å². The Morgan fingerprint density at radius 1 is 1.42 bits per heavy atom. The molecule has 0 spiro atoms. The average molecular weight is 260 g/mol. The minimum atomic E-state index is -0.379. The van der Waals surface area contributed by atoms with Gasteiger partial charge in [0.05, 0.1) is 6.54 Å². The second-order valence-corrected chi connectivity index (χ2v) is 4.15. The molecule has 0 bridgehead atoms. The minimum Gasteiger partial charge on any atom is -0.486 e. The molecule has 1 amide bonds. The van der Waals surface area contributed by atoms with Crippen molar-refractivity contribution in [1.29, 1.82) is 0 Å². The van der Waals surface area contributed by atoms with Gasteiger partial charge in [0, 0.05) is 11.8 Å². The summed E-state index contributed by atoms with van der Waals surface area (Å²) in [5, 5.41) is 5.71. The molecular weight excluding hydrogens is 244 g/mol. The lowest BCUT2D eigenvalue weighted by molar-refractivity contribution is -0.121. The maximum absolute atomic E-state index is 11.7. The van der Waals surface area contributed by atoms with E-state index in [1.54, 1.807) is 6.92 Å². The molecule has 2 N–H and O–H groups in total. The van der Waals surface area contributed by atoms with Crippen molar-refractivity contribution in [2.24, 2.45) is 0 Å². The third kappa shape index (κ3) is 3.32. The predicted molar refractivity (Wildman–Crippen MR) is 72.4 cm³/mol. The minimum absolute atomic E-state index is 0.146. The molecule has 1 heterocycles. The van der Waals surface area contributed by atoms with E-state index >= 15 is 0 Å². The highest BCUT2D eigenvalue weighted by molar-refractivity contribution is 5.84. The van der Waals surface area contributed by atoms with Gasteiger partial charge in [0.1, 0.15) is 19.3 Å². The van der Waals surface area contributed by atoms with Gasteiger partial charge in [0.25, 0.3) is 0 Å². The van der Waals surface area contributed by atoms with Gasteiger partial charge in [-0.3, -0.25) is 4.79 Å². The van der Waals surface area contributed by atoms with Crippen LogP contribution in [0.2, 0.25) is 0 Å². The Kier molecular flexibility index (Phi) is 4.14. The first-order valence-electron chi connectivity index (χ1n) is 6.08. The molecule has 0 saturated heterocycles. The van der Waals surface area contributed by atoms with Gasteiger partial charge < -0.3 is 20.1 Å². The topological polar surface area (TPSA) is 59.6 Å². The third-order valence-corrected chi connectivity index (χ3v) is 2.68. The van der Waals surface area contributed by atoms with Crippen molar-refractivity contribution >= 4 is 11.6 Å². The lowest BCUT2D eigenvalue weighted by atomic mass is 10.2. The van der Waals surface area contributed by atoms with Crippen molar-refractivity contribution in [3.05, 3.63) is 18.2 Å². The van der Waals surface area contributed by atoms with Crippen molar-refractivity contribution in [2.45, 2.75) is 13.0 Å². The van der Waals surface area contributed by atoms with E-state index in [0.717, 1.165) is 11.4 Å². The van der Waals surface area contributed by atoms with Crippen molar-refractivity contribution in [1.82, 2.24) is 5.32 Å². The average Bonchev–Trinajstić information content (AvgIpc) is 2.44. The van der Waals surface area contributed by atoms with E-state index < -0.39 is 0 Å². The fraction of sp³-hybridized carbons (Fsp3) is 0.357. The van der Waals surface area contributed by atoms with E-state index in [0.29, 0.717) is 19.0 Å².